The van der Waals surface area contributed by atoms with Crippen LogP contribution in [0.1, 0.15) is 77.6 Å². The average molecular weight is 411 g/mol. The summed E-state index contributed by atoms with van der Waals surface area (Å²) in [6, 6.07) is 2.06. The first kappa shape index (κ1) is 24.2. The lowest BCUT2D eigenvalue weighted by Gasteiger charge is -2.14. The van der Waals surface area contributed by atoms with Gasteiger partial charge in [-0.05, 0) is 12.5 Å². The molecule has 0 aromatic carbocycles. The summed E-state index contributed by atoms with van der Waals surface area (Å²) < 4.78 is 34.1. The van der Waals surface area contributed by atoms with Crippen molar-refractivity contribution in [3.05, 3.63) is 24.0 Å². The second-order valence-corrected chi connectivity index (χ2v) is 8.79. The molecule has 0 bridgehead atoms. The number of nitriles is 1. The highest BCUT2D eigenvalue weighted by Crippen LogP contribution is 2.19. The molecule has 158 valence electrons. The second-order valence-electron chi connectivity index (χ2n) is 7.11. The highest BCUT2D eigenvalue weighted by atomic mass is 32.2. The van der Waals surface area contributed by atoms with E-state index in [1.54, 1.807) is 18.2 Å². The molecule has 0 spiro atoms. The molecule has 0 amide bonds. The van der Waals surface area contributed by atoms with Gasteiger partial charge in [-0.15, -0.1) is 0 Å². The van der Waals surface area contributed by atoms with E-state index < -0.39 is 10.1 Å². The van der Waals surface area contributed by atoms with E-state index in [9.17, 15) is 8.42 Å². The number of allylic oxidation sites excluding steroid dienone is 3. The Hall–Kier alpha value is -1.81. The maximum atomic E-state index is 12.1. The number of ether oxygens (including phenoxy) is 1. The highest BCUT2D eigenvalue weighted by Gasteiger charge is 2.19. The molecular formula is C21H34N2O4S. The van der Waals surface area contributed by atoms with Crippen LogP contribution in [0.15, 0.2) is 29.1 Å². The standard InChI is InChI=1S/C21H34N2O4S/c1-3-4-5-6-7-8-9-10-11-12-17-28(24,25)27-23-21-18-20(26-2)14-13-19(21)15-16-22/h13-14,18-19H,3-12,15,17H2,1-2H3. The van der Waals surface area contributed by atoms with E-state index in [2.05, 4.69) is 18.1 Å². The Morgan fingerprint density at radius 1 is 1.07 bits per heavy atom. The van der Waals surface area contributed by atoms with Gasteiger partial charge in [0, 0.05) is 18.4 Å². The lowest BCUT2D eigenvalue weighted by Crippen LogP contribution is -2.16. The molecule has 0 aliphatic heterocycles. The zero-order valence-electron chi connectivity index (χ0n) is 17.2. The maximum Gasteiger partial charge on any atom is 0.328 e. The fourth-order valence-electron chi connectivity index (χ4n) is 3.01. The van der Waals surface area contributed by atoms with Crippen molar-refractivity contribution in [1.29, 1.82) is 5.26 Å². The molecule has 1 unspecified atom stereocenters. The molecule has 0 saturated heterocycles. The first-order valence-corrected chi connectivity index (χ1v) is 11.9. The molecular weight excluding hydrogens is 376 g/mol. The molecule has 6 nitrogen and oxygen atoms in total. The number of unbranched alkanes of at least 4 members (excludes halogenated alkanes) is 9. The number of rotatable bonds is 15. The molecule has 0 radical (unpaired) electrons. The number of oxime groups is 1. The third kappa shape index (κ3) is 10.5. The van der Waals surface area contributed by atoms with Gasteiger partial charge in [-0.2, -0.15) is 13.7 Å². The van der Waals surface area contributed by atoms with Crippen molar-refractivity contribution in [2.45, 2.75) is 77.6 Å². The third-order valence-electron chi connectivity index (χ3n) is 4.71. The summed E-state index contributed by atoms with van der Waals surface area (Å²) in [6.07, 6.45) is 16.6. The Labute approximate surface area is 170 Å². The van der Waals surface area contributed by atoms with E-state index in [0.717, 1.165) is 19.3 Å². The molecule has 0 heterocycles. The van der Waals surface area contributed by atoms with E-state index in [4.69, 9.17) is 14.3 Å². The minimum absolute atomic E-state index is 0.0418. The zero-order chi connectivity index (χ0) is 20.7. The lowest BCUT2D eigenvalue weighted by molar-refractivity contribution is 0.304. The van der Waals surface area contributed by atoms with Crippen LogP contribution in [0.3, 0.4) is 0 Å². The van der Waals surface area contributed by atoms with Crippen LogP contribution in [0.2, 0.25) is 0 Å². The molecule has 0 aromatic heterocycles. The molecule has 1 rings (SSSR count). The third-order valence-corrected chi connectivity index (χ3v) is 5.80. The number of nitrogens with zero attached hydrogens (tertiary/aromatic N) is 2. The maximum absolute atomic E-state index is 12.1. The van der Waals surface area contributed by atoms with Gasteiger partial charge in [0.1, 0.15) is 5.76 Å². The average Bonchev–Trinajstić information content (AvgIpc) is 2.69. The van der Waals surface area contributed by atoms with Crippen LogP contribution in [0, 0.1) is 17.2 Å². The molecule has 7 heteroatoms. The summed E-state index contributed by atoms with van der Waals surface area (Å²) in [5.41, 5.74) is 0.382. The van der Waals surface area contributed by atoms with Gasteiger partial charge in [0.2, 0.25) is 0 Å². The van der Waals surface area contributed by atoms with E-state index in [1.165, 1.54) is 45.6 Å². The molecule has 0 fully saturated rings. The Morgan fingerprint density at radius 3 is 2.25 bits per heavy atom. The topological polar surface area (TPSA) is 88.8 Å². The Balaban J connectivity index is 2.31. The summed E-state index contributed by atoms with van der Waals surface area (Å²) in [5.74, 6) is 0.208. The largest absolute Gasteiger partial charge is 0.497 e. The molecule has 28 heavy (non-hydrogen) atoms. The number of hydrogen-bond acceptors (Lipinski definition) is 6. The van der Waals surface area contributed by atoms with Crippen molar-refractivity contribution in [3.63, 3.8) is 0 Å². The van der Waals surface area contributed by atoms with Gasteiger partial charge >= 0.3 is 10.1 Å². The fraction of sp³-hybridized carbons (Fsp3) is 0.714. The van der Waals surface area contributed by atoms with Gasteiger partial charge in [0.15, 0.2) is 0 Å². The van der Waals surface area contributed by atoms with Gasteiger partial charge in [-0.1, -0.05) is 75.9 Å². The molecule has 1 aliphatic rings. The van der Waals surface area contributed by atoms with Crippen LogP contribution < -0.4 is 0 Å². The zero-order valence-corrected chi connectivity index (χ0v) is 18.0. The van der Waals surface area contributed by atoms with E-state index in [-0.39, 0.29) is 18.1 Å². The van der Waals surface area contributed by atoms with Crippen LogP contribution in [0.25, 0.3) is 0 Å². The summed E-state index contributed by atoms with van der Waals surface area (Å²) >= 11 is 0. The van der Waals surface area contributed by atoms with Gasteiger partial charge in [0.25, 0.3) is 0 Å². The predicted octanol–water partition coefficient (Wildman–Crippen LogP) is 5.24. The minimum Gasteiger partial charge on any atom is -0.497 e. The van der Waals surface area contributed by atoms with Crippen molar-refractivity contribution >= 4 is 15.8 Å². The van der Waals surface area contributed by atoms with Crippen molar-refractivity contribution in [3.8, 4) is 6.07 Å². The Bertz CT molecular complexity index is 675. The van der Waals surface area contributed by atoms with Crippen molar-refractivity contribution in [2.75, 3.05) is 12.9 Å². The van der Waals surface area contributed by atoms with Crippen molar-refractivity contribution in [1.82, 2.24) is 0 Å². The lowest BCUT2D eigenvalue weighted by atomic mass is 9.95. The molecule has 0 aromatic rings. The highest BCUT2D eigenvalue weighted by molar-refractivity contribution is 7.86. The number of methoxy groups -OCH3 is 1. The SMILES string of the molecule is CCCCCCCCCCCCS(=O)(=O)ON=C1C=C(OC)C=CC1CC#N. The van der Waals surface area contributed by atoms with Crippen molar-refractivity contribution in [2.24, 2.45) is 11.1 Å². The van der Waals surface area contributed by atoms with Gasteiger partial charge in [-0.3, -0.25) is 4.28 Å². The Kier molecular flexibility index (Phi) is 12.3. The summed E-state index contributed by atoms with van der Waals surface area (Å²) in [4.78, 5) is 0. The molecule has 0 N–H and O–H groups in total. The first-order chi connectivity index (χ1) is 13.5. The van der Waals surface area contributed by atoms with Gasteiger partial charge in [-0.25, -0.2) is 0 Å². The summed E-state index contributed by atoms with van der Waals surface area (Å²) in [5, 5.41) is 12.7. The summed E-state index contributed by atoms with van der Waals surface area (Å²) in [7, 11) is -2.20. The smallest absolute Gasteiger partial charge is 0.328 e. The van der Waals surface area contributed by atoms with E-state index in [0.29, 0.717) is 17.9 Å². The van der Waals surface area contributed by atoms with Crippen molar-refractivity contribution < 1.29 is 17.4 Å². The molecule has 0 saturated carbocycles. The fourth-order valence-corrected chi connectivity index (χ4v) is 3.84. The summed E-state index contributed by atoms with van der Waals surface area (Å²) in [6.45, 7) is 2.22. The van der Waals surface area contributed by atoms with Crippen LogP contribution in [-0.4, -0.2) is 27.0 Å². The Morgan fingerprint density at radius 2 is 1.68 bits per heavy atom. The molecule has 1 atom stereocenters. The van der Waals surface area contributed by atoms with Crippen LogP contribution in [0.5, 0.6) is 0 Å². The van der Waals surface area contributed by atoms with Gasteiger partial charge < -0.3 is 4.74 Å². The van der Waals surface area contributed by atoms with Crippen LogP contribution >= 0.6 is 0 Å². The monoisotopic (exact) mass is 410 g/mol. The van der Waals surface area contributed by atoms with E-state index >= 15 is 0 Å². The van der Waals surface area contributed by atoms with Crippen LogP contribution in [0.4, 0.5) is 0 Å². The first-order valence-electron chi connectivity index (χ1n) is 10.3. The predicted molar refractivity (Wildman–Crippen MR) is 112 cm³/mol. The normalized spacial score (nSPS) is 18.0. The minimum atomic E-state index is -3.72. The second kappa shape index (κ2) is 14.2. The number of hydrogen-bond donors (Lipinski definition) is 0. The quantitative estimate of drug-likeness (QED) is 0.272. The van der Waals surface area contributed by atoms with Crippen LogP contribution in [-0.2, 0) is 19.1 Å². The molecule has 1 aliphatic carbocycles. The van der Waals surface area contributed by atoms with E-state index in [1.807, 2.05) is 0 Å². The van der Waals surface area contributed by atoms with Gasteiger partial charge in [0.05, 0.1) is 24.6 Å².